The number of aryl methyl sites for hydroxylation is 2. The molecule has 1 aromatic heterocycles. The first-order valence-corrected chi connectivity index (χ1v) is 7.89. The number of hydrogen-bond donors (Lipinski definition) is 2. The van der Waals surface area contributed by atoms with E-state index in [9.17, 15) is 4.79 Å². The summed E-state index contributed by atoms with van der Waals surface area (Å²) in [5, 5.41) is 12.5. The van der Waals surface area contributed by atoms with E-state index in [0.717, 1.165) is 23.4 Å². The third-order valence-electron chi connectivity index (χ3n) is 4.21. The van der Waals surface area contributed by atoms with Crippen molar-refractivity contribution in [3.8, 4) is 0 Å². The highest BCUT2D eigenvalue weighted by molar-refractivity contribution is 5.85. The normalized spacial score (nSPS) is 10.9. The van der Waals surface area contributed by atoms with Crippen molar-refractivity contribution < 1.29 is 4.79 Å². The molecule has 0 fully saturated rings. The van der Waals surface area contributed by atoms with Gasteiger partial charge in [0.25, 0.3) is 0 Å². The van der Waals surface area contributed by atoms with Gasteiger partial charge in [-0.05, 0) is 36.6 Å². The first kappa shape index (κ1) is 15.3. The molecule has 1 amide bonds. The second-order valence-electron chi connectivity index (χ2n) is 5.83. The highest BCUT2D eigenvalue weighted by atomic mass is 16.1. The fourth-order valence-electron chi connectivity index (χ4n) is 2.90. The SMILES string of the molecule is Cc1n[nH]c(C)c1CC(=O)NCCc1cccc2ccccc12. The molecule has 2 aromatic carbocycles. The van der Waals surface area contributed by atoms with Crippen molar-refractivity contribution in [2.24, 2.45) is 0 Å². The van der Waals surface area contributed by atoms with Gasteiger partial charge in [-0.15, -0.1) is 0 Å². The maximum absolute atomic E-state index is 12.1. The fraction of sp³-hybridized carbons (Fsp3) is 0.263. The van der Waals surface area contributed by atoms with Crippen molar-refractivity contribution in [1.29, 1.82) is 0 Å². The van der Waals surface area contributed by atoms with Crippen LogP contribution in [-0.4, -0.2) is 22.6 Å². The van der Waals surface area contributed by atoms with E-state index in [-0.39, 0.29) is 5.91 Å². The van der Waals surface area contributed by atoms with E-state index >= 15 is 0 Å². The second kappa shape index (κ2) is 6.65. The first-order valence-electron chi connectivity index (χ1n) is 7.89. The molecule has 0 saturated carbocycles. The molecule has 0 spiro atoms. The van der Waals surface area contributed by atoms with Crippen LogP contribution >= 0.6 is 0 Å². The van der Waals surface area contributed by atoms with E-state index in [1.54, 1.807) is 0 Å². The summed E-state index contributed by atoms with van der Waals surface area (Å²) in [5.74, 6) is 0.0397. The molecule has 4 nitrogen and oxygen atoms in total. The highest BCUT2D eigenvalue weighted by Gasteiger charge is 2.11. The van der Waals surface area contributed by atoms with Crippen molar-refractivity contribution in [1.82, 2.24) is 15.5 Å². The Morgan fingerprint density at radius 1 is 1.13 bits per heavy atom. The Bertz CT molecular complexity index is 811. The maximum Gasteiger partial charge on any atom is 0.224 e. The monoisotopic (exact) mass is 307 g/mol. The number of nitrogens with one attached hydrogen (secondary N) is 2. The number of aromatic nitrogens is 2. The molecule has 3 rings (SSSR count). The standard InChI is InChI=1S/C19H21N3O/c1-13-18(14(2)22-21-13)12-19(23)20-11-10-16-8-5-7-15-6-3-4-9-17(15)16/h3-9H,10-12H2,1-2H3,(H,20,23)(H,21,22). The number of carbonyl (C=O) groups excluding carboxylic acids is 1. The predicted molar refractivity (Wildman–Crippen MR) is 92.4 cm³/mol. The number of fused-ring (bicyclic) bond motifs is 1. The Hall–Kier alpha value is -2.62. The van der Waals surface area contributed by atoms with Gasteiger partial charge < -0.3 is 5.32 Å². The lowest BCUT2D eigenvalue weighted by Crippen LogP contribution is -2.27. The van der Waals surface area contributed by atoms with Crippen LogP contribution in [0.15, 0.2) is 42.5 Å². The summed E-state index contributed by atoms with van der Waals surface area (Å²) in [5.41, 5.74) is 4.12. The zero-order chi connectivity index (χ0) is 16.2. The summed E-state index contributed by atoms with van der Waals surface area (Å²) in [4.78, 5) is 12.1. The molecule has 0 saturated heterocycles. The Kier molecular flexibility index (Phi) is 4.42. The number of hydrogen-bond acceptors (Lipinski definition) is 2. The molecule has 0 radical (unpaired) electrons. The number of carbonyl (C=O) groups is 1. The van der Waals surface area contributed by atoms with Gasteiger partial charge in [0.15, 0.2) is 0 Å². The molecule has 0 aliphatic heterocycles. The molecule has 0 atom stereocenters. The molecule has 1 heterocycles. The van der Waals surface area contributed by atoms with E-state index in [2.05, 4.69) is 51.9 Å². The van der Waals surface area contributed by atoms with Crippen LogP contribution in [0.1, 0.15) is 22.5 Å². The summed E-state index contributed by atoms with van der Waals surface area (Å²) in [6.07, 6.45) is 1.21. The van der Waals surface area contributed by atoms with E-state index in [0.29, 0.717) is 13.0 Å². The van der Waals surface area contributed by atoms with Crippen LogP contribution < -0.4 is 5.32 Å². The van der Waals surface area contributed by atoms with Gasteiger partial charge in [-0.2, -0.15) is 5.10 Å². The minimum atomic E-state index is 0.0397. The van der Waals surface area contributed by atoms with Gasteiger partial charge in [-0.3, -0.25) is 9.89 Å². The smallest absolute Gasteiger partial charge is 0.224 e. The molecule has 0 aliphatic rings. The van der Waals surface area contributed by atoms with E-state index in [4.69, 9.17) is 0 Å². The van der Waals surface area contributed by atoms with Crippen LogP contribution in [-0.2, 0) is 17.6 Å². The zero-order valence-electron chi connectivity index (χ0n) is 13.5. The highest BCUT2D eigenvalue weighted by Crippen LogP contribution is 2.18. The molecule has 118 valence electrons. The summed E-state index contributed by atoms with van der Waals surface area (Å²) in [6, 6.07) is 14.6. The first-order chi connectivity index (χ1) is 11.1. The fourth-order valence-corrected chi connectivity index (χ4v) is 2.90. The molecule has 4 heteroatoms. The number of H-pyrrole nitrogens is 1. The third kappa shape index (κ3) is 3.42. The van der Waals surface area contributed by atoms with Crippen molar-refractivity contribution in [2.75, 3.05) is 6.54 Å². The number of amides is 1. The maximum atomic E-state index is 12.1. The largest absolute Gasteiger partial charge is 0.355 e. The van der Waals surface area contributed by atoms with Gasteiger partial charge >= 0.3 is 0 Å². The molecular weight excluding hydrogens is 286 g/mol. The Balaban J connectivity index is 1.60. The van der Waals surface area contributed by atoms with Gasteiger partial charge in [-0.25, -0.2) is 0 Å². The van der Waals surface area contributed by atoms with Gasteiger partial charge in [0, 0.05) is 17.8 Å². The summed E-state index contributed by atoms with van der Waals surface area (Å²) < 4.78 is 0. The van der Waals surface area contributed by atoms with Gasteiger partial charge in [-0.1, -0.05) is 42.5 Å². The van der Waals surface area contributed by atoms with Crippen LogP contribution in [0.5, 0.6) is 0 Å². The molecule has 23 heavy (non-hydrogen) atoms. The summed E-state index contributed by atoms with van der Waals surface area (Å²) in [7, 11) is 0. The minimum Gasteiger partial charge on any atom is -0.355 e. The Labute approximate surface area is 135 Å². The number of benzene rings is 2. The van der Waals surface area contributed by atoms with Crippen LogP contribution in [0.4, 0.5) is 0 Å². The van der Waals surface area contributed by atoms with Crippen molar-refractivity contribution in [3.63, 3.8) is 0 Å². The van der Waals surface area contributed by atoms with Crippen LogP contribution in [0.3, 0.4) is 0 Å². The lowest BCUT2D eigenvalue weighted by Gasteiger charge is -2.08. The Morgan fingerprint density at radius 2 is 1.91 bits per heavy atom. The van der Waals surface area contributed by atoms with Gasteiger partial charge in [0.2, 0.25) is 5.91 Å². The van der Waals surface area contributed by atoms with Gasteiger partial charge in [0.1, 0.15) is 0 Å². The lowest BCUT2D eigenvalue weighted by molar-refractivity contribution is -0.120. The number of rotatable bonds is 5. The average Bonchev–Trinajstić information content (AvgIpc) is 2.87. The number of nitrogens with zero attached hydrogens (tertiary/aromatic N) is 1. The molecule has 0 bridgehead atoms. The topological polar surface area (TPSA) is 57.8 Å². The van der Waals surface area contributed by atoms with E-state index in [1.807, 2.05) is 19.9 Å². The van der Waals surface area contributed by atoms with Gasteiger partial charge in [0.05, 0.1) is 12.1 Å². The van der Waals surface area contributed by atoms with Crippen molar-refractivity contribution >= 4 is 16.7 Å². The lowest BCUT2D eigenvalue weighted by atomic mass is 10.0. The predicted octanol–water partition coefficient (Wildman–Crippen LogP) is 3.08. The molecule has 0 unspecified atom stereocenters. The van der Waals surface area contributed by atoms with Crippen molar-refractivity contribution in [2.45, 2.75) is 26.7 Å². The second-order valence-corrected chi connectivity index (χ2v) is 5.83. The number of aromatic amines is 1. The van der Waals surface area contributed by atoms with Crippen LogP contribution in [0, 0.1) is 13.8 Å². The van der Waals surface area contributed by atoms with E-state index in [1.165, 1.54) is 16.3 Å². The zero-order valence-corrected chi connectivity index (χ0v) is 13.5. The Morgan fingerprint density at radius 3 is 2.70 bits per heavy atom. The third-order valence-corrected chi connectivity index (χ3v) is 4.21. The molecule has 3 aromatic rings. The van der Waals surface area contributed by atoms with E-state index < -0.39 is 0 Å². The minimum absolute atomic E-state index is 0.0397. The quantitative estimate of drug-likeness (QED) is 0.761. The van der Waals surface area contributed by atoms with Crippen molar-refractivity contribution in [3.05, 3.63) is 65.0 Å². The van der Waals surface area contributed by atoms with Crippen LogP contribution in [0.25, 0.3) is 10.8 Å². The molecular formula is C19H21N3O. The molecule has 0 aliphatic carbocycles. The summed E-state index contributed by atoms with van der Waals surface area (Å²) in [6.45, 7) is 4.50. The van der Waals surface area contributed by atoms with Crippen LogP contribution in [0.2, 0.25) is 0 Å². The average molecular weight is 307 g/mol. The molecule has 2 N–H and O–H groups in total. The summed E-state index contributed by atoms with van der Waals surface area (Å²) >= 11 is 0.